The first kappa shape index (κ1) is 18.7. The van der Waals surface area contributed by atoms with Crippen molar-refractivity contribution in [2.75, 3.05) is 18.6 Å². The SMILES string of the molecule is COc1cn(-c2ccccc2)nc1C(=O)OCC(=O)N1c2ccccc2CC1C. The molecule has 4 rings (SSSR count). The maximum atomic E-state index is 12.7. The molecule has 29 heavy (non-hydrogen) atoms. The van der Waals surface area contributed by atoms with Crippen LogP contribution in [-0.2, 0) is 16.0 Å². The number of hydrogen-bond donors (Lipinski definition) is 0. The molecule has 0 spiro atoms. The third kappa shape index (κ3) is 3.59. The number of anilines is 1. The molecular weight excluding hydrogens is 370 g/mol. The van der Waals surface area contributed by atoms with Crippen LogP contribution in [0.25, 0.3) is 5.69 Å². The number of amides is 1. The fraction of sp³-hybridized carbons (Fsp3) is 0.227. The Labute approximate surface area is 168 Å². The summed E-state index contributed by atoms with van der Waals surface area (Å²) in [6.07, 6.45) is 2.39. The molecule has 3 aromatic rings. The van der Waals surface area contributed by atoms with E-state index in [2.05, 4.69) is 5.10 Å². The Bertz CT molecular complexity index is 1050. The Morgan fingerprint density at radius 2 is 1.83 bits per heavy atom. The number of carbonyl (C=O) groups is 2. The van der Waals surface area contributed by atoms with Crippen molar-refractivity contribution in [2.45, 2.75) is 19.4 Å². The number of rotatable bonds is 5. The molecule has 7 nitrogen and oxygen atoms in total. The molecule has 1 aliphatic rings. The lowest BCUT2D eigenvalue weighted by molar-refractivity contribution is -0.122. The first-order chi connectivity index (χ1) is 14.1. The van der Waals surface area contributed by atoms with Gasteiger partial charge in [-0.3, -0.25) is 4.79 Å². The van der Waals surface area contributed by atoms with Crippen LogP contribution in [0.3, 0.4) is 0 Å². The van der Waals surface area contributed by atoms with Gasteiger partial charge in [-0.15, -0.1) is 0 Å². The standard InChI is InChI=1S/C22H21N3O4/c1-15-12-16-8-6-7-11-18(16)25(15)20(26)14-29-22(27)21-19(28-2)13-24(23-21)17-9-4-3-5-10-17/h3-11,13,15H,12,14H2,1-2H3. The minimum absolute atomic E-state index is 0.0189. The number of carbonyl (C=O) groups excluding carboxylic acids is 2. The van der Waals surface area contributed by atoms with E-state index in [1.54, 1.807) is 11.1 Å². The molecule has 148 valence electrons. The molecule has 1 amide bonds. The number of aromatic nitrogens is 2. The molecule has 0 saturated heterocycles. The predicted octanol–water partition coefficient (Wildman–Crippen LogP) is 3.02. The summed E-state index contributed by atoms with van der Waals surface area (Å²) in [4.78, 5) is 27.0. The van der Waals surface area contributed by atoms with E-state index in [-0.39, 0.29) is 30.0 Å². The smallest absolute Gasteiger partial charge is 0.363 e. The Morgan fingerprint density at radius 3 is 2.59 bits per heavy atom. The van der Waals surface area contributed by atoms with Gasteiger partial charge in [0.2, 0.25) is 5.69 Å². The van der Waals surface area contributed by atoms with Crippen molar-refractivity contribution < 1.29 is 19.1 Å². The summed E-state index contributed by atoms with van der Waals surface area (Å²) in [5.41, 5.74) is 2.79. The monoisotopic (exact) mass is 391 g/mol. The second kappa shape index (κ2) is 7.79. The topological polar surface area (TPSA) is 73.7 Å². The van der Waals surface area contributed by atoms with Crippen molar-refractivity contribution in [3.8, 4) is 11.4 Å². The van der Waals surface area contributed by atoms with Crippen molar-refractivity contribution in [1.29, 1.82) is 0 Å². The van der Waals surface area contributed by atoms with Gasteiger partial charge in [-0.1, -0.05) is 36.4 Å². The fourth-order valence-corrected chi connectivity index (χ4v) is 3.57. The molecule has 1 unspecified atom stereocenters. The van der Waals surface area contributed by atoms with Gasteiger partial charge in [-0.05, 0) is 37.1 Å². The van der Waals surface area contributed by atoms with Gasteiger partial charge in [-0.25, -0.2) is 9.48 Å². The van der Waals surface area contributed by atoms with Crippen molar-refractivity contribution in [2.24, 2.45) is 0 Å². The molecule has 0 fully saturated rings. The van der Waals surface area contributed by atoms with Gasteiger partial charge in [0, 0.05) is 11.7 Å². The zero-order valence-corrected chi connectivity index (χ0v) is 16.2. The molecule has 0 bridgehead atoms. The molecule has 2 aromatic carbocycles. The van der Waals surface area contributed by atoms with Crippen molar-refractivity contribution >= 4 is 17.6 Å². The number of ether oxygens (including phenoxy) is 2. The third-order valence-corrected chi connectivity index (χ3v) is 4.92. The number of hydrogen-bond acceptors (Lipinski definition) is 5. The minimum atomic E-state index is -0.704. The first-order valence-electron chi connectivity index (χ1n) is 9.34. The molecule has 0 N–H and O–H groups in total. The third-order valence-electron chi connectivity index (χ3n) is 4.92. The summed E-state index contributed by atoms with van der Waals surface area (Å²) >= 11 is 0. The Kier molecular flexibility index (Phi) is 5.03. The molecule has 1 aromatic heterocycles. The van der Waals surface area contributed by atoms with E-state index in [9.17, 15) is 9.59 Å². The molecule has 0 aliphatic carbocycles. The number of methoxy groups -OCH3 is 1. The van der Waals surface area contributed by atoms with Crippen LogP contribution in [0.2, 0.25) is 0 Å². The summed E-state index contributed by atoms with van der Waals surface area (Å²) in [7, 11) is 1.46. The van der Waals surface area contributed by atoms with Crippen LogP contribution in [0.5, 0.6) is 5.75 Å². The van der Waals surface area contributed by atoms with Crippen LogP contribution in [0.4, 0.5) is 5.69 Å². The lowest BCUT2D eigenvalue weighted by Crippen LogP contribution is -2.38. The van der Waals surface area contributed by atoms with Gasteiger partial charge in [0.25, 0.3) is 5.91 Å². The van der Waals surface area contributed by atoms with Gasteiger partial charge in [0.05, 0.1) is 19.0 Å². The van der Waals surface area contributed by atoms with E-state index in [0.29, 0.717) is 0 Å². The average molecular weight is 391 g/mol. The van der Waals surface area contributed by atoms with Crippen molar-refractivity contribution in [1.82, 2.24) is 9.78 Å². The van der Waals surface area contributed by atoms with Gasteiger partial charge in [0.15, 0.2) is 12.4 Å². The van der Waals surface area contributed by atoms with E-state index >= 15 is 0 Å². The van der Waals surface area contributed by atoms with Gasteiger partial charge >= 0.3 is 5.97 Å². The van der Waals surface area contributed by atoms with Gasteiger partial charge in [0.1, 0.15) is 0 Å². The van der Waals surface area contributed by atoms with Crippen LogP contribution >= 0.6 is 0 Å². The zero-order valence-electron chi connectivity index (χ0n) is 16.2. The maximum Gasteiger partial charge on any atom is 0.363 e. The molecule has 1 aliphatic heterocycles. The predicted molar refractivity (Wildman–Crippen MR) is 107 cm³/mol. The Hall–Kier alpha value is -3.61. The zero-order chi connectivity index (χ0) is 20.4. The maximum absolute atomic E-state index is 12.7. The van der Waals surface area contributed by atoms with Crippen molar-refractivity contribution in [3.05, 3.63) is 72.1 Å². The van der Waals surface area contributed by atoms with Crippen LogP contribution in [0.1, 0.15) is 23.0 Å². The largest absolute Gasteiger partial charge is 0.493 e. The van der Waals surface area contributed by atoms with Crippen LogP contribution < -0.4 is 9.64 Å². The van der Waals surface area contributed by atoms with Crippen LogP contribution in [0, 0.1) is 0 Å². The quantitative estimate of drug-likeness (QED) is 0.625. The highest BCUT2D eigenvalue weighted by Gasteiger charge is 2.31. The highest BCUT2D eigenvalue weighted by atomic mass is 16.5. The summed E-state index contributed by atoms with van der Waals surface area (Å²) in [5.74, 6) is -0.687. The molecule has 7 heteroatoms. The first-order valence-corrected chi connectivity index (χ1v) is 9.34. The molecule has 0 radical (unpaired) electrons. The highest BCUT2D eigenvalue weighted by molar-refractivity contribution is 5.99. The van der Waals surface area contributed by atoms with Crippen LogP contribution in [0.15, 0.2) is 60.8 Å². The lowest BCUT2D eigenvalue weighted by Gasteiger charge is -2.22. The molecule has 1 atom stereocenters. The highest BCUT2D eigenvalue weighted by Crippen LogP contribution is 2.31. The molecular formula is C22H21N3O4. The summed E-state index contributed by atoms with van der Waals surface area (Å²) in [6.45, 7) is 1.61. The van der Waals surface area contributed by atoms with E-state index in [1.807, 2.05) is 61.5 Å². The Balaban J connectivity index is 1.48. The number of fused-ring (bicyclic) bond motifs is 1. The van der Waals surface area contributed by atoms with E-state index in [0.717, 1.165) is 23.4 Å². The number of esters is 1. The summed E-state index contributed by atoms with van der Waals surface area (Å²) in [5, 5.41) is 4.27. The van der Waals surface area contributed by atoms with Crippen LogP contribution in [-0.4, -0.2) is 41.4 Å². The Morgan fingerprint density at radius 1 is 1.10 bits per heavy atom. The number of para-hydroxylation sites is 2. The van der Waals surface area contributed by atoms with Gasteiger partial charge in [-0.2, -0.15) is 5.10 Å². The summed E-state index contributed by atoms with van der Waals surface area (Å²) < 4.78 is 12.1. The van der Waals surface area contributed by atoms with Crippen molar-refractivity contribution in [3.63, 3.8) is 0 Å². The van der Waals surface area contributed by atoms with E-state index in [4.69, 9.17) is 9.47 Å². The molecule has 2 heterocycles. The number of benzene rings is 2. The van der Waals surface area contributed by atoms with E-state index in [1.165, 1.54) is 11.8 Å². The second-order valence-electron chi connectivity index (χ2n) is 6.85. The fourth-order valence-electron chi connectivity index (χ4n) is 3.57. The molecule has 0 saturated carbocycles. The minimum Gasteiger partial charge on any atom is -0.493 e. The van der Waals surface area contributed by atoms with E-state index < -0.39 is 5.97 Å². The normalized spacial score (nSPS) is 15.1. The lowest BCUT2D eigenvalue weighted by atomic mass is 10.1. The average Bonchev–Trinajstić information content (AvgIpc) is 3.33. The van der Waals surface area contributed by atoms with Gasteiger partial charge < -0.3 is 14.4 Å². The second-order valence-corrected chi connectivity index (χ2v) is 6.85. The number of nitrogens with zero attached hydrogens (tertiary/aromatic N) is 3. The summed E-state index contributed by atoms with van der Waals surface area (Å²) in [6, 6.07) is 17.1.